The Morgan fingerprint density at radius 3 is 2.60 bits per heavy atom. The third-order valence-corrected chi connectivity index (χ3v) is 2.95. The highest BCUT2D eigenvalue weighted by Crippen LogP contribution is 2.34. The van der Waals surface area contributed by atoms with Crippen LogP contribution in [0.2, 0.25) is 5.02 Å². The van der Waals surface area contributed by atoms with Crippen molar-refractivity contribution in [1.29, 1.82) is 0 Å². The molecule has 5 nitrogen and oxygen atoms in total. The lowest BCUT2D eigenvalue weighted by Gasteiger charge is -2.08. The van der Waals surface area contributed by atoms with Gasteiger partial charge in [0.1, 0.15) is 12.0 Å². The molecule has 0 amide bonds. The number of aryl methyl sites for hydroxylation is 1. The lowest BCUT2D eigenvalue weighted by molar-refractivity contribution is -0.385. The molecule has 2 aromatic carbocycles. The Morgan fingerprint density at radius 2 is 2.00 bits per heavy atom. The van der Waals surface area contributed by atoms with Crippen LogP contribution in [0, 0.1) is 17.0 Å². The molecule has 0 aliphatic heterocycles. The molecule has 0 fully saturated rings. The van der Waals surface area contributed by atoms with E-state index >= 15 is 0 Å². The summed E-state index contributed by atoms with van der Waals surface area (Å²) < 4.78 is 5.49. The second-order valence-electron chi connectivity index (χ2n) is 4.11. The minimum atomic E-state index is -0.543. The molecule has 0 saturated heterocycles. The maximum Gasteiger partial charge on any atom is 0.311 e. The third kappa shape index (κ3) is 2.95. The minimum absolute atomic E-state index is 0.0563. The van der Waals surface area contributed by atoms with E-state index in [1.54, 1.807) is 25.1 Å². The van der Waals surface area contributed by atoms with Gasteiger partial charge in [0.15, 0.2) is 0 Å². The number of hydrogen-bond acceptors (Lipinski definition) is 4. The number of halogens is 1. The Balaban J connectivity index is 2.39. The van der Waals surface area contributed by atoms with Crippen LogP contribution in [0.3, 0.4) is 0 Å². The Morgan fingerprint density at radius 1 is 1.25 bits per heavy atom. The summed E-state index contributed by atoms with van der Waals surface area (Å²) in [5.74, 6) is 0.458. The molecule has 0 unspecified atom stereocenters. The van der Waals surface area contributed by atoms with Crippen LogP contribution in [0.5, 0.6) is 11.5 Å². The quantitative estimate of drug-likeness (QED) is 0.482. The first-order valence-corrected chi connectivity index (χ1v) is 6.06. The molecule has 2 aromatic rings. The molecule has 0 radical (unpaired) electrons. The van der Waals surface area contributed by atoms with E-state index in [9.17, 15) is 14.9 Å². The smallest absolute Gasteiger partial charge is 0.311 e. The normalized spacial score (nSPS) is 10.1. The average Bonchev–Trinajstić information content (AvgIpc) is 2.38. The largest absolute Gasteiger partial charge is 0.450 e. The van der Waals surface area contributed by atoms with Gasteiger partial charge < -0.3 is 4.74 Å². The van der Waals surface area contributed by atoms with Crippen LogP contribution >= 0.6 is 11.6 Å². The number of nitro benzene ring substituents is 1. The molecule has 0 N–H and O–H groups in total. The van der Waals surface area contributed by atoms with Crippen molar-refractivity contribution in [2.75, 3.05) is 0 Å². The molecule has 0 heterocycles. The Bertz CT molecular complexity index is 685. The van der Waals surface area contributed by atoms with Gasteiger partial charge in [0.25, 0.3) is 0 Å². The first-order valence-electron chi connectivity index (χ1n) is 5.69. The number of aldehydes is 1. The molecule has 2 rings (SSSR count). The molecular weight excluding hydrogens is 282 g/mol. The van der Waals surface area contributed by atoms with Gasteiger partial charge >= 0.3 is 5.69 Å². The molecule has 102 valence electrons. The van der Waals surface area contributed by atoms with Crippen LogP contribution in [0.4, 0.5) is 5.69 Å². The molecule has 6 heteroatoms. The average molecular weight is 292 g/mol. The van der Waals surface area contributed by atoms with Gasteiger partial charge in [-0.3, -0.25) is 14.9 Å². The van der Waals surface area contributed by atoms with E-state index in [-0.39, 0.29) is 11.4 Å². The highest BCUT2D eigenvalue weighted by molar-refractivity contribution is 6.30. The van der Waals surface area contributed by atoms with E-state index in [2.05, 4.69) is 0 Å². The molecule has 0 spiro atoms. The van der Waals surface area contributed by atoms with Gasteiger partial charge in [-0.2, -0.15) is 0 Å². The predicted molar refractivity (Wildman–Crippen MR) is 74.7 cm³/mol. The number of nitrogens with zero attached hydrogens (tertiary/aromatic N) is 1. The summed E-state index contributed by atoms with van der Waals surface area (Å²) in [6.45, 7) is 1.75. The highest BCUT2D eigenvalue weighted by atomic mass is 35.5. The van der Waals surface area contributed by atoms with Crippen LogP contribution in [0.1, 0.15) is 15.9 Å². The van der Waals surface area contributed by atoms with Gasteiger partial charge in [-0.05, 0) is 36.8 Å². The summed E-state index contributed by atoms with van der Waals surface area (Å²) in [6, 6.07) is 8.88. The van der Waals surface area contributed by atoms with Crippen molar-refractivity contribution in [2.45, 2.75) is 6.92 Å². The van der Waals surface area contributed by atoms with Crippen molar-refractivity contribution in [2.24, 2.45) is 0 Å². The second kappa shape index (κ2) is 5.71. The number of rotatable bonds is 4. The van der Waals surface area contributed by atoms with Crippen molar-refractivity contribution in [1.82, 2.24) is 0 Å². The number of carbonyl (C=O) groups is 1. The zero-order valence-electron chi connectivity index (χ0n) is 10.5. The van der Waals surface area contributed by atoms with Gasteiger partial charge in [0.2, 0.25) is 5.75 Å². The summed E-state index contributed by atoms with van der Waals surface area (Å²) in [5, 5.41) is 11.3. The molecule has 0 saturated carbocycles. The first-order chi connectivity index (χ1) is 9.51. The highest BCUT2D eigenvalue weighted by Gasteiger charge is 2.16. The number of nitro groups is 1. The standard InChI is InChI=1S/C14H10ClNO4/c1-9-6-12(4-2-10(9)8-17)20-14-7-11(15)3-5-13(14)16(18)19/h2-8H,1H3. The van der Waals surface area contributed by atoms with Crippen molar-refractivity contribution in [3.63, 3.8) is 0 Å². The fourth-order valence-electron chi connectivity index (χ4n) is 1.69. The van der Waals surface area contributed by atoms with Crippen LogP contribution in [0.25, 0.3) is 0 Å². The lowest BCUT2D eigenvalue weighted by Crippen LogP contribution is -1.94. The maximum atomic E-state index is 10.9. The van der Waals surface area contributed by atoms with Crippen molar-refractivity contribution in [3.05, 3.63) is 62.7 Å². The van der Waals surface area contributed by atoms with E-state index in [1.807, 2.05) is 0 Å². The Kier molecular flexibility index (Phi) is 4.00. The number of ether oxygens (including phenoxy) is 1. The summed E-state index contributed by atoms with van der Waals surface area (Å²) in [6.07, 6.45) is 0.737. The SMILES string of the molecule is Cc1cc(Oc2cc(Cl)ccc2[N+](=O)[O-])ccc1C=O. The summed E-state index contributed by atoms with van der Waals surface area (Å²) >= 11 is 5.82. The monoisotopic (exact) mass is 291 g/mol. The molecule has 0 atom stereocenters. The molecule has 0 bridgehead atoms. The molecule has 0 aliphatic rings. The van der Waals surface area contributed by atoms with Gasteiger partial charge in [-0.15, -0.1) is 0 Å². The number of hydrogen-bond donors (Lipinski definition) is 0. The van der Waals surface area contributed by atoms with Gasteiger partial charge in [0, 0.05) is 22.7 Å². The summed E-state index contributed by atoms with van der Waals surface area (Å²) in [7, 11) is 0. The first kappa shape index (κ1) is 14.0. The maximum absolute atomic E-state index is 10.9. The zero-order chi connectivity index (χ0) is 14.7. The van der Waals surface area contributed by atoms with Crippen molar-refractivity contribution >= 4 is 23.6 Å². The summed E-state index contributed by atoms with van der Waals surface area (Å²) in [4.78, 5) is 21.1. The topological polar surface area (TPSA) is 69.4 Å². The summed E-state index contributed by atoms with van der Waals surface area (Å²) in [5.41, 5.74) is 1.09. The molecule has 0 aliphatic carbocycles. The van der Waals surface area contributed by atoms with E-state index < -0.39 is 4.92 Å². The van der Waals surface area contributed by atoms with Crippen LogP contribution in [-0.4, -0.2) is 11.2 Å². The number of carbonyl (C=O) groups excluding carboxylic acids is 1. The van der Waals surface area contributed by atoms with E-state index in [0.29, 0.717) is 16.3 Å². The van der Waals surface area contributed by atoms with E-state index in [1.165, 1.54) is 18.2 Å². The molecular formula is C14H10ClNO4. The fourth-order valence-corrected chi connectivity index (χ4v) is 1.85. The van der Waals surface area contributed by atoms with Gasteiger partial charge in [-0.1, -0.05) is 11.6 Å². The van der Waals surface area contributed by atoms with Crippen LogP contribution in [0.15, 0.2) is 36.4 Å². The van der Waals surface area contributed by atoms with Crippen LogP contribution < -0.4 is 4.74 Å². The van der Waals surface area contributed by atoms with E-state index in [4.69, 9.17) is 16.3 Å². The van der Waals surface area contributed by atoms with Crippen LogP contribution in [-0.2, 0) is 0 Å². The number of benzene rings is 2. The fraction of sp³-hybridized carbons (Fsp3) is 0.0714. The predicted octanol–water partition coefficient (Wildman–Crippen LogP) is 4.16. The third-order valence-electron chi connectivity index (χ3n) is 2.71. The molecule has 20 heavy (non-hydrogen) atoms. The second-order valence-corrected chi connectivity index (χ2v) is 4.54. The van der Waals surface area contributed by atoms with Crippen molar-refractivity contribution < 1.29 is 14.5 Å². The zero-order valence-corrected chi connectivity index (χ0v) is 11.3. The lowest BCUT2D eigenvalue weighted by atomic mass is 10.1. The van der Waals surface area contributed by atoms with Crippen molar-refractivity contribution in [3.8, 4) is 11.5 Å². The van der Waals surface area contributed by atoms with Gasteiger partial charge in [0.05, 0.1) is 4.92 Å². The van der Waals surface area contributed by atoms with Gasteiger partial charge in [-0.25, -0.2) is 0 Å². The van der Waals surface area contributed by atoms with E-state index in [0.717, 1.165) is 11.8 Å². The minimum Gasteiger partial charge on any atom is -0.450 e. The Hall–Kier alpha value is -2.40. The Labute approximate surface area is 119 Å². The molecule has 0 aromatic heterocycles.